The molecule has 4 nitrogen and oxygen atoms in total. The van der Waals surface area contributed by atoms with E-state index >= 15 is 0 Å². The quantitative estimate of drug-likeness (QED) is 0.756. The highest BCUT2D eigenvalue weighted by Gasteiger charge is 2.07. The van der Waals surface area contributed by atoms with Crippen LogP contribution in [0.1, 0.15) is 24.2 Å². The lowest BCUT2D eigenvalue weighted by Gasteiger charge is -2.13. The topological polar surface area (TPSA) is 53.6 Å². The van der Waals surface area contributed by atoms with E-state index in [-0.39, 0.29) is 6.04 Å². The molecule has 3 heterocycles. The highest BCUT2D eigenvalue weighted by atomic mass is 32.1. The van der Waals surface area contributed by atoms with Gasteiger partial charge in [-0.25, -0.2) is 4.98 Å². The minimum atomic E-state index is 0.271. The molecule has 0 spiro atoms. The normalized spacial score (nSPS) is 12.9. The Labute approximate surface area is 109 Å². The van der Waals surface area contributed by atoms with Crippen LogP contribution in [0.3, 0.4) is 0 Å². The third kappa shape index (κ3) is 2.27. The molecule has 5 heteroatoms. The molecule has 0 saturated heterocycles. The number of imidazole rings is 1. The Bertz CT molecular complexity index is 629. The molecule has 3 aromatic rings. The molecule has 2 N–H and O–H groups in total. The van der Waals surface area contributed by atoms with Crippen molar-refractivity contribution in [2.45, 2.75) is 19.5 Å². The molecule has 0 amide bonds. The molecular formula is C13H14N4S. The van der Waals surface area contributed by atoms with Gasteiger partial charge in [-0.1, -0.05) is 0 Å². The Morgan fingerprint density at radius 2 is 2.39 bits per heavy atom. The van der Waals surface area contributed by atoms with E-state index in [4.69, 9.17) is 0 Å². The lowest BCUT2D eigenvalue weighted by Crippen LogP contribution is -2.18. The second-order valence-corrected chi connectivity index (χ2v) is 5.20. The fraction of sp³-hybridized carbons (Fsp3) is 0.231. The number of pyridine rings is 1. The van der Waals surface area contributed by atoms with Crippen LogP contribution in [-0.4, -0.2) is 15.0 Å². The number of hydrogen-bond acceptors (Lipinski definition) is 4. The summed E-state index contributed by atoms with van der Waals surface area (Å²) < 4.78 is 1.24. The van der Waals surface area contributed by atoms with Crippen LogP contribution in [0.25, 0.3) is 10.2 Å². The molecule has 0 saturated carbocycles. The summed E-state index contributed by atoms with van der Waals surface area (Å²) in [5.74, 6) is 0. The number of rotatable bonds is 4. The second-order valence-electron chi connectivity index (χ2n) is 4.25. The van der Waals surface area contributed by atoms with Crippen molar-refractivity contribution in [1.29, 1.82) is 0 Å². The lowest BCUT2D eigenvalue weighted by molar-refractivity contribution is 0.568. The third-order valence-corrected chi connectivity index (χ3v) is 3.83. The smallest absolute Gasteiger partial charge is 0.0922 e. The summed E-state index contributed by atoms with van der Waals surface area (Å²) in [5.41, 5.74) is 3.38. The van der Waals surface area contributed by atoms with Crippen LogP contribution in [0.5, 0.6) is 0 Å². The van der Waals surface area contributed by atoms with Gasteiger partial charge in [0.25, 0.3) is 0 Å². The SMILES string of the molecule is CC(NCc1cnc[nH]1)c1cnc2ccsc2c1. The summed E-state index contributed by atoms with van der Waals surface area (Å²) >= 11 is 1.73. The zero-order valence-electron chi connectivity index (χ0n) is 10.1. The first-order valence-corrected chi connectivity index (χ1v) is 6.74. The number of nitrogens with zero attached hydrogens (tertiary/aromatic N) is 2. The van der Waals surface area contributed by atoms with E-state index in [1.165, 1.54) is 10.3 Å². The summed E-state index contributed by atoms with van der Waals surface area (Å²) in [6.45, 7) is 2.93. The van der Waals surface area contributed by atoms with E-state index < -0.39 is 0 Å². The van der Waals surface area contributed by atoms with Crippen molar-refractivity contribution in [1.82, 2.24) is 20.3 Å². The van der Waals surface area contributed by atoms with Crippen molar-refractivity contribution in [3.05, 3.63) is 47.5 Å². The Hall–Kier alpha value is -1.72. The van der Waals surface area contributed by atoms with Crippen LogP contribution in [0, 0.1) is 0 Å². The minimum Gasteiger partial charge on any atom is -0.347 e. The summed E-state index contributed by atoms with van der Waals surface area (Å²) in [5, 5.41) is 5.53. The van der Waals surface area contributed by atoms with Crippen LogP contribution < -0.4 is 5.32 Å². The molecule has 1 atom stereocenters. The molecule has 1 unspecified atom stereocenters. The van der Waals surface area contributed by atoms with Crippen molar-refractivity contribution in [3.8, 4) is 0 Å². The first-order valence-electron chi connectivity index (χ1n) is 5.87. The van der Waals surface area contributed by atoms with Gasteiger partial charge in [0.15, 0.2) is 0 Å². The van der Waals surface area contributed by atoms with Crippen LogP contribution in [0.4, 0.5) is 0 Å². The predicted octanol–water partition coefficient (Wildman–Crippen LogP) is 2.87. The molecule has 0 fully saturated rings. The molecule has 92 valence electrons. The van der Waals surface area contributed by atoms with Gasteiger partial charge in [-0.05, 0) is 30.0 Å². The van der Waals surface area contributed by atoms with E-state index in [9.17, 15) is 0 Å². The van der Waals surface area contributed by atoms with Gasteiger partial charge < -0.3 is 10.3 Å². The maximum Gasteiger partial charge on any atom is 0.0922 e. The molecule has 3 rings (SSSR count). The zero-order chi connectivity index (χ0) is 12.4. The van der Waals surface area contributed by atoms with Gasteiger partial charge in [0.1, 0.15) is 0 Å². The Kier molecular flexibility index (Phi) is 3.08. The van der Waals surface area contributed by atoms with Crippen molar-refractivity contribution < 1.29 is 0 Å². The monoisotopic (exact) mass is 258 g/mol. The van der Waals surface area contributed by atoms with E-state index in [0.29, 0.717) is 0 Å². The van der Waals surface area contributed by atoms with Crippen molar-refractivity contribution in [3.63, 3.8) is 0 Å². The first kappa shape index (κ1) is 11.4. The highest BCUT2D eigenvalue weighted by Crippen LogP contribution is 2.22. The Balaban J connectivity index is 1.72. The minimum absolute atomic E-state index is 0.271. The fourth-order valence-corrected chi connectivity index (χ4v) is 2.65. The molecule has 0 aromatic carbocycles. The van der Waals surface area contributed by atoms with Gasteiger partial charge in [-0.2, -0.15) is 0 Å². The maximum absolute atomic E-state index is 4.46. The van der Waals surface area contributed by atoms with Gasteiger partial charge in [0, 0.05) is 30.7 Å². The standard InChI is InChI=1S/C13H14N4S/c1-9(15-7-11-6-14-8-17-11)10-4-13-12(16-5-10)2-3-18-13/h2-6,8-9,15H,7H2,1H3,(H,14,17). The molecule has 0 radical (unpaired) electrons. The number of hydrogen-bond donors (Lipinski definition) is 2. The molecule has 0 bridgehead atoms. The van der Waals surface area contributed by atoms with Crippen LogP contribution in [0.15, 0.2) is 36.2 Å². The molecule has 0 aliphatic rings. The number of aromatic amines is 1. The summed E-state index contributed by atoms with van der Waals surface area (Å²) in [6, 6.07) is 4.52. The van der Waals surface area contributed by atoms with E-state index in [1.807, 2.05) is 18.5 Å². The van der Waals surface area contributed by atoms with Gasteiger partial charge >= 0.3 is 0 Å². The third-order valence-electron chi connectivity index (χ3n) is 2.98. The van der Waals surface area contributed by atoms with Crippen LogP contribution in [0.2, 0.25) is 0 Å². The van der Waals surface area contributed by atoms with E-state index in [2.05, 4.69) is 38.6 Å². The molecular weight excluding hydrogens is 244 g/mol. The van der Waals surface area contributed by atoms with Crippen molar-refractivity contribution >= 4 is 21.6 Å². The largest absolute Gasteiger partial charge is 0.347 e. The number of H-pyrrole nitrogens is 1. The predicted molar refractivity (Wildman–Crippen MR) is 73.5 cm³/mol. The summed E-state index contributed by atoms with van der Waals surface area (Å²) in [6.07, 6.45) is 5.47. The second kappa shape index (κ2) is 4.88. The van der Waals surface area contributed by atoms with Crippen LogP contribution >= 0.6 is 11.3 Å². The molecule has 0 aliphatic carbocycles. The zero-order valence-corrected chi connectivity index (χ0v) is 10.9. The highest BCUT2D eigenvalue weighted by molar-refractivity contribution is 7.17. The Morgan fingerprint density at radius 1 is 1.44 bits per heavy atom. The van der Waals surface area contributed by atoms with Gasteiger partial charge in [0.05, 0.1) is 16.5 Å². The average molecular weight is 258 g/mol. The number of thiophene rings is 1. The Morgan fingerprint density at radius 3 is 3.22 bits per heavy atom. The van der Waals surface area contributed by atoms with Gasteiger partial charge in [-0.15, -0.1) is 11.3 Å². The first-order chi connectivity index (χ1) is 8.83. The molecule has 18 heavy (non-hydrogen) atoms. The van der Waals surface area contributed by atoms with Gasteiger partial charge in [-0.3, -0.25) is 4.98 Å². The van der Waals surface area contributed by atoms with E-state index in [0.717, 1.165) is 17.8 Å². The van der Waals surface area contributed by atoms with Crippen LogP contribution in [-0.2, 0) is 6.54 Å². The molecule has 3 aromatic heterocycles. The maximum atomic E-state index is 4.46. The van der Waals surface area contributed by atoms with Crippen molar-refractivity contribution in [2.24, 2.45) is 0 Å². The van der Waals surface area contributed by atoms with Gasteiger partial charge in [0.2, 0.25) is 0 Å². The van der Waals surface area contributed by atoms with Crippen molar-refractivity contribution in [2.75, 3.05) is 0 Å². The summed E-state index contributed by atoms with van der Waals surface area (Å²) in [7, 11) is 0. The summed E-state index contributed by atoms with van der Waals surface area (Å²) in [4.78, 5) is 11.5. The molecule has 0 aliphatic heterocycles. The number of fused-ring (bicyclic) bond motifs is 1. The average Bonchev–Trinajstić information content (AvgIpc) is 3.05. The lowest BCUT2D eigenvalue weighted by atomic mass is 10.1. The number of nitrogens with one attached hydrogen (secondary N) is 2. The fourth-order valence-electron chi connectivity index (χ4n) is 1.86. The number of aromatic nitrogens is 3. The van der Waals surface area contributed by atoms with E-state index in [1.54, 1.807) is 17.7 Å².